The van der Waals surface area contributed by atoms with Gasteiger partial charge < -0.3 is 19.5 Å². The average molecular weight is 390 g/mol. The lowest BCUT2D eigenvalue weighted by atomic mass is 9.89. The summed E-state index contributed by atoms with van der Waals surface area (Å²) in [6, 6.07) is 12.4. The molecule has 0 radical (unpaired) electrons. The van der Waals surface area contributed by atoms with Gasteiger partial charge in [-0.3, -0.25) is 4.79 Å². The van der Waals surface area contributed by atoms with Crippen LogP contribution in [0.1, 0.15) is 38.8 Å². The van der Waals surface area contributed by atoms with Crippen molar-refractivity contribution in [1.82, 2.24) is 5.32 Å². The van der Waals surface area contributed by atoms with Gasteiger partial charge in [0.05, 0.1) is 13.2 Å². The van der Waals surface area contributed by atoms with Crippen LogP contribution in [0.2, 0.25) is 5.02 Å². The highest BCUT2D eigenvalue weighted by molar-refractivity contribution is 6.30. The van der Waals surface area contributed by atoms with Crippen molar-refractivity contribution in [2.24, 2.45) is 0 Å². The SMILES string of the molecule is COc1ccc2c(c1)[C@H](NC(=O)[C@@H](C)Oc1ccc(Cl)cc1)CC(C)(C)O2. The Morgan fingerprint density at radius 2 is 1.89 bits per heavy atom. The van der Waals surface area contributed by atoms with E-state index in [0.717, 1.165) is 17.1 Å². The molecule has 1 heterocycles. The number of hydrogen-bond acceptors (Lipinski definition) is 4. The van der Waals surface area contributed by atoms with Crippen molar-refractivity contribution in [1.29, 1.82) is 0 Å². The monoisotopic (exact) mass is 389 g/mol. The lowest BCUT2D eigenvalue weighted by Crippen LogP contribution is -2.44. The van der Waals surface area contributed by atoms with E-state index in [1.165, 1.54) is 0 Å². The molecule has 0 fully saturated rings. The number of amides is 1. The van der Waals surface area contributed by atoms with Gasteiger partial charge in [0, 0.05) is 17.0 Å². The van der Waals surface area contributed by atoms with Gasteiger partial charge in [0.2, 0.25) is 0 Å². The molecule has 2 atom stereocenters. The third-order valence-electron chi connectivity index (χ3n) is 4.49. The van der Waals surface area contributed by atoms with Gasteiger partial charge in [-0.2, -0.15) is 0 Å². The summed E-state index contributed by atoms with van der Waals surface area (Å²) in [6.07, 6.45) is -0.00164. The minimum absolute atomic E-state index is 0.192. The Balaban J connectivity index is 1.75. The molecule has 0 saturated heterocycles. The van der Waals surface area contributed by atoms with E-state index in [2.05, 4.69) is 5.32 Å². The van der Waals surface area contributed by atoms with Crippen LogP contribution in [-0.4, -0.2) is 24.7 Å². The molecular formula is C21H24ClNO4. The predicted octanol–water partition coefficient (Wildman–Crippen LogP) is 4.53. The fourth-order valence-electron chi connectivity index (χ4n) is 3.15. The summed E-state index contributed by atoms with van der Waals surface area (Å²) < 4.78 is 17.1. The Bertz CT molecular complexity index is 819. The van der Waals surface area contributed by atoms with E-state index < -0.39 is 6.10 Å². The first kappa shape index (κ1) is 19.4. The molecule has 1 aliphatic heterocycles. The van der Waals surface area contributed by atoms with Crippen LogP contribution in [0.4, 0.5) is 0 Å². The fraction of sp³-hybridized carbons (Fsp3) is 0.381. The van der Waals surface area contributed by atoms with Gasteiger partial charge in [0.25, 0.3) is 5.91 Å². The molecule has 5 nitrogen and oxygen atoms in total. The zero-order valence-corrected chi connectivity index (χ0v) is 16.7. The highest BCUT2D eigenvalue weighted by Gasteiger charge is 2.35. The molecule has 2 aromatic carbocycles. The maximum Gasteiger partial charge on any atom is 0.261 e. The molecule has 1 aliphatic rings. The molecular weight excluding hydrogens is 366 g/mol. The summed E-state index contributed by atoms with van der Waals surface area (Å²) >= 11 is 5.88. The first-order valence-corrected chi connectivity index (χ1v) is 9.25. The summed E-state index contributed by atoms with van der Waals surface area (Å²) in [5.41, 5.74) is 0.514. The van der Waals surface area contributed by atoms with E-state index in [-0.39, 0.29) is 17.6 Å². The minimum atomic E-state index is -0.647. The topological polar surface area (TPSA) is 56.8 Å². The van der Waals surface area contributed by atoms with Crippen LogP contribution >= 0.6 is 11.6 Å². The van der Waals surface area contributed by atoms with Crippen LogP contribution in [0.15, 0.2) is 42.5 Å². The molecule has 0 unspecified atom stereocenters. The van der Waals surface area contributed by atoms with E-state index >= 15 is 0 Å². The van der Waals surface area contributed by atoms with Crippen molar-refractivity contribution in [3.05, 3.63) is 53.1 Å². The van der Waals surface area contributed by atoms with Crippen LogP contribution in [-0.2, 0) is 4.79 Å². The number of rotatable bonds is 5. The molecule has 27 heavy (non-hydrogen) atoms. The molecule has 0 aliphatic carbocycles. The van der Waals surface area contributed by atoms with Crippen LogP contribution in [0, 0.1) is 0 Å². The molecule has 6 heteroatoms. The van der Waals surface area contributed by atoms with E-state index in [9.17, 15) is 4.79 Å². The zero-order valence-electron chi connectivity index (χ0n) is 15.9. The lowest BCUT2D eigenvalue weighted by molar-refractivity contribution is -0.128. The normalized spacial score (nSPS) is 18.6. The Morgan fingerprint density at radius 3 is 2.56 bits per heavy atom. The number of ether oxygens (including phenoxy) is 3. The maximum atomic E-state index is 12.7. The Hall–Kier alpha value is -2.40. The molecule has 0 aromatic heterocycles. The number of nitrogens with one attached hydrogen (secondary N) is 1. The summed E-state index contributed by atoms with van der Waals surface area (Å²) in [6.45, 7) is 5.74. The third-order valence-corrected chi connectivity index (χ3v) is 4.74. The van der Waals surface area contributed by atoms with Crippen molar-refractivity contribution in [2.45, 2.75) is 44.9 Å². The van der Waals surface area contributed by atoms with Gasteiger partial charge in [-0.25, -0.2) is 0 Å². The molecule has 0 spiro atoms. The van der Waals surface area contributed by atoms with E-state index in [1.54, 1.807) is 38.3 Å². The standard InChI is InChI=1S/C21H24ClNO4/c1-13(26-15-7-5-14(22)6-8-15)20(24)23-18-12-21(2,3)27-19-10-9-16(25-4)11-17(18)19/h5-11,13,18H,12H2,1-4H3,(H,23,24)/t13-,18-/m1/s1. The van der Waals surface area contributed by atoms with Crippen molar-refractivity contribution >= 4 is 17.5 Å². The van der Waals surface area contributed by atoms with Crippen LogP contribution < -0.4 is 19.5 Å². The van der Waals surface area contributed by atoms with Crippen LogP contribution in [0.3, 0.4) is 0 Å². The third kappa shape index (κ3) is 4.66. The van der Waals surface area contributed by atoms with Gasteiger partial charge in [-0.05, 0) is 63.2 Å². The molecule has 1 amide bonds. The van der Waals surface area contributed by atoms with Crippen LogP contribution in [0.25, 0.3) is 0 Å². The Kier molecular flexibility index (Phi) is 5.51. The molecule has 144 valence electrons. The number of carbonyl (C=O) groups excluding carboxylic acids is 1. The minimum Gasteiger partial charge on any atom is -0.497 e. The molecule has 0 bridgehead atoms. The van der Waals surface area contributed by atoms with E-state index in [4.69, 9.17) is 25.8 Å². The zero-order chi connectivity index (χ0) is 19.6. The number of hydrogen-bond donors (Lipinski definition) is 1. The van der Waals surface area contributed by atoms with Crippen molar-refractivity contribution < 1.29 is 19.0 Å². The van der Waals surface area contributed by atoms with Crippen molar-refractivity contribution in [2.75, 3.05) is 7.11 Å². The Morgan fingerprint density at radius 1 is 1.22 bits per heavy atom. The van der Waals surface area contributed by atoms with E-state index in [0.29, 0.717) is 17.2 Å². The first-order valence-electron chi connectivity index (χ1n) is 8.87. The molecule has 1 N–H and O–H groups in total. The van der Waals surface area contributed by atoms with Crippen molar-refractivity contribution in [3.63, 3.8) is 0 Å². The number of methoxy groups -OCH3 is 1. The quantitative estimate of drug-likeness (QED) is 0.815. The number of carbonyl (C=O) groups is 1. The number of fused-ring (bicyclic) bond motifs is 1. The second kappa shape index (κ2) is 7.69. The summed E-state index contributed by atoms with van der Waals surface area (Å²) in [7, 11) is 1.62. The molecule has 2 aromatic rings. The highest BCUT2D eigenvalue weighted by Crippen LogP contribution is 2.41. The van der Waals surface area contributed by atoms with E-state index in [1.807, 2.05) is 32.0 Å². The first-order chi connectivity index (χ1) is 12.8. The summed E-state index contributed by atoms with van der Waals surface area (Å²) in [5.74, 6) is 1.88. The largest absolute Gasteiger partial charge is 0.497 e. The molecule has 3 rings (SSSR count). The summed E-state index contributed by atoms with van der Waals surface area (Å²) in [5, 5.41) is 3.71. The smallest absolute Gasteiger partial charge is 0.261 e. The summed E-state index contributed by atoms with van der Waals surface area (Å²) in [4.78, 5) is 12.7. The van der Waals surface area contributed by atoms with Gasteiger partial charge in [-0.15, -0.1) is 0 Å². The maximum absolute atomic E-state index is 12.7. The molecule has 0 saturated carbocycles. The second-order valence-corrected chi connectivity index (χ2v) is 7.68. The van der Waals surface area contributed by atoms with Gasteiger partial charge in [0.15, 0.2) is 6.10 Å². The lowest BCUT2D eigenvalue weighted by Gasteiger charge is -2.38. The van der Waals surface area contributed by atoms with Gasteiger partial charge >= 0.3 is 0 Å². The fourth-order valence-corrected chi connectivity index (χ4v) is 3.27. The average Bonchev–Trinajstić information content (AvgIpc) is 2.62. The second-order valence-electron chi connectivity index (χ2n) is 7.24. The number of benzene rings is 2. The number of halogens is 1. The predicted molar refractivity (Wildman–Crippen MR) is 105 cm³/mol. The highest BCUT2D eigenvalue weighted by atomic mass is 35.5. The Labute approximate surface area is 164 Å². The van der Waals surface area contributed by atoms with Crippen molar-refractivity contribution in [3.8, 4) is 17.2 Å². The van der Waals surface area contributed by atoms with Gasteiger partial charge in [-0.1, -0.05) is 11.6 Å². The van der Waals surface area contributed by atoms with Gasteiger partial charge in [0.1, 0.15) is 22.8 Å². The van der Waals surface area contributed by atoms with Crippen LogP contribution in [0.5, 0.6) is 17.2 Å².